The van der Waals surface area contributed by atoms with Crippen molar-refractivity contribution in [2.75, 3.05) is 6.54 Å². The van der Waals surface area contributed by atoms with Crippen molar-refractivity contribution in [1.29, 1.82) is 0 Å². The molecule has 4 rings (SSSR count). The van der Waals surface area contributed by atoms with E-state index in [9.17, 15) is 4.79 Å². The van der Waals surface area contributed by atoms with Crippen LogP contribution in [0.15, 0.2) is 0 Å². The van der Waals surface area contributed by atoms with E-state index in [0.717, 1.165) is 12.3 Å². The van der Waals surface area contributed by atoms with Gasteiger partial charge in [0.05, 0.1) is 0 Å². The summed E-state index contributed by atoms with van der Waals surface area (Å²) in [5.74, 6) is 0.821. The molecule has 4 saturated carbocycles. The van der Waals surface area contributed by atoms with Crippen LogP contribution in [0.4, 0.5) is 4.79 Å². The summed E-state index contributed by atoms with van der Waals surface area (Å²) in [6, 6.07) is 0. The van der Waals surface area contributed by atoms with E-state index in [0.29, 0.717) is 22.8 Å². The van der Waals surface area contributed by atoms with Crippen LogP contribution in [0.1, 0.15) is 40.5 Å². The lowest BCUT2D eigenvalue weighted by molar-refractivity contribution is -0.0166. The molecular formula is C14H21NO2. The number of rotatable bonds is 2. The Morgan fingerprint density at radius 2 is 2.12 bits per heavy atom. The van der Waals surface area contributed by atoms with E-state index < -0.39 is 0 Å². The van der Waals surface area contributed by atoms with Gasteiger partial charge >= 0.3 is 6.09 Å². The van der Waals surface area contributed by atoms with Crippen LogP contribution in [0.25, 0.3) is 0 Å². The zero-order valence-corrected chi connectivity index (χ0v) is 11.1. The molecule has 0 aliphatic heterocycles. The Hall–Kier alpha value is -0.730. The van der Waals surface area contributed by atoms with E-state index in [1.54, 1.807) is 0 Å². The largest absolute Gasteiger partial charge is 0.446 e. The molecule has 3 heteroatoms. The number of ether oxygens (including phenoxy) is 1. The van der Waals surface area contributed by atoms with Crippen LogP contribution in [-0.2, 0) is 4.74 Å². The average molecular weight is 235 g/mol. The lowest BCUT2D eigenvalue weighted by Crippen LogP contribution is -2.43. The monoisotopic (exact) mass is 235 g/mol. The van der Waals surface area contributed by atoms with Crippen LogP contribution in [0.3, 0.4) is 0 Å². The molecule has 1 amide bonds. The number of amides is 1. The first-order valence-corrected chi connectivity index (χ1v) is 6.86. The molecule has 0 heterocycles. The minimum atomic E-state index is -0.229. The molecule has 3 nitrogen and oxygen atoms in total. The van der Waals surface area contributed by atoms with Crippen LogP contribution >= 0.6 is 0 Å². The Bertz CT molecular complexity index is 450. The van der Waals surface area contributed by atoms with Crippen LogP contribution in [0.2, 0.25) is 0 Å². The first kappa shape index (κ1) is 10.2. The predicted octanol–water partition coefficient (Wildman–Crippen LogP) is 2.56. The van der Waals surface area contributed by atoms with Gasteiger partial charge in [-0.25, -0.2) is 4.79 Å². The van der Waals surface area contributed by atoms with Crippen LogP contribution in [0.5, 0.6) is 0 Å². The van der Waals surface area contributed by atoms with Gasteiger partial charge in [0.15, 0.2) is 0 Å². The third-order valence-electron chi connectivity index (χ3n) is 7.48. The standard InChI is InChI=1S/C14H21NO2/c1-5-15-10(16)17-9-6-8-7-11(2)13(4)12(9,3)14(8,11)13/h8-9H,5-7H2,1-4H3,(H,15,16). The third kappa shape index (κ3) is 0.577. The SMILES string of the molecule is CCNC(=O)OC1CC2CC3(C)C4(C)C1(C)C234. The highest BCUT2D eigenvalue weighted by Gasteiger charge is 3.15. The lowest BCUT2D eigenvalue weighted by atomic mass is 9.59. The van der Waals surface area contributed by atoms with E-state index in [1.807, 2.05) is 6.92 Å². The van der Waals surface area contributed by atoms with Crippen molar-refractivity contribution < 1.29 is 9.53 Å². The topological polar surface area (TPSA) is 38.3 Å². The van der Waals surface area contributed by atoms with Crippen LogP contribution < -0.4 is 5.32 Å². The first-order chi connectivity index (χ1) is 7.91. The fourth-order valence-corrected chi connectivity index (χ4v) is 7.05. The lowest BCUT2D eigenvalue weighted by Gasteiger charge is -2.45. The maximum atomic E-state index is 11.6. The fourth-order valence-electron chi connectivity index (χ4n) is 7.05. The molecule has 0 radical (unpaired) electrons. The highest BCUT2D eigenvalue weighted by molar-refractivity contribution is 5.69. The summed E-state index contributed by atoms with van der Waals surface area (Å²) in [5, 5.41) is 2.75. The average Bonchev–Trinajstić information content (AvgIpc) is 2.84. The number of carbonyl (C=O) groups is 1. The number of carbonyl (C=O) groups excluding carboxylic acids is 1. The maximum absolute atomic E-state index is 11.6. The van der Waals surface area contributed by atoms with Gasteiger partial charge < -0.3 is 10.1 Å². The summed E-state index contributed by atoms with van der Waals surface area (Å²) in [6.07, 6.45) is 2.38. The van der Waals surface area contributed by atoms with Crippen molar-refractivity contribution in [3.63, 3.8) is 0 Å². The van der Waals surface area contributed by atoms with Gasteiger partial charge in [-0.05, 0) is 41.9 Å². The summed E-state index contributed by atoms with van der Waals surface area (Å²) in [4.78, 5) is 11.6. The highest BCUT2D eigenvalue weighted by atomic mass is 16.6. The van der Waals surface area contributed by atoms with Crippen molar-refractivity contribution >= 4 is 6.09 Å². The van der Waals surface area contributed by atoms with Gasteiger partial charge in [0.1, 0.15) is 6.10 Å². The molecule has 17 heavy (non-hydrogen) atoms. The quantitative estimate of drug-likeness (QED) is 0.798. The Morgan fingerprint density at radius 3 is 2.59 bits per heavy atom. The first-order valence-electron chi connectivity index (χ1n) is 6.86. The van der Waals surface area contributed by atoms with E-state index in [4.69, 9.17) is 4.74 Å². The van der Waals surface area contributed by atoms with Gasteiger partial charge in [0, 0.05) is 12.0 Å². The fraction of sp³-hybridized carbons (Fsp3) is 0.929. The molecule has 0 aromatic heterocycles. The molecule has 4 fully saturated rings. The van der Waals surface area contributed by atoms with Crippen molar-refractivity contribution in [2.24, 2.45) is 27.6 Å². The molecular weight excluding hydrogens is 214 g/mol. The molecule has 0 saturated heterocycles. The number of nitrogens with one attached hydrogen (secondary N) is 1. The van der Waals surface area contributed by atoms with E-state index >= 15 is 0 Å². The van der Waals surface area contributed by atoms with Crippen molar-refractivity contribution in [2.45, 2.75) is 46.6 Å². The van der Waals surface area contributed by atoms with E-state index in [2.05, 4.69) is 26.1 Å². The number of alkyl carbamates (subject to hydrolysis) is 1. The maximum Gasteiger partial charge on any atom is 0.407 e. The molecule has 94 valence electrons. The molecule has 1 N–H and O–H groups in total. The Balaban J connectivity index is 1.57. The molecule has 0 aromatic carbocycles. The van der Waals surface area contributed by atoms with Gasteiger partial charge in [-0.2, -0.15) is 0 Å². The van der Waals surface area contributed by atoms with Gasteiger partial charge in [-0.3, -0.25) is 0 Å². The smallest absolute Gasteiger partial charge is 0.407 e. The van der Waals surface area contributed by atoms with E-state index in [1.165, 1.54) is 6.42 Å². The van der Waals surface area contributed by atoms with Gasteiger partial charge in [0.25, 0.3) is 0 Å². The summed E-state index contributed by atoms with van der Waals surface area (Å²) >= 11 is 0. The highest BCUT2D eigenvalue weighted by Crippen LogP contribution is 3.17. The second kappa shape index (κ2) is 2.24. The molecule has 0 bridgehead atoms. The zero-order valence-electron chi connectivity index (χ0n) is 11.1. The van der Waals surface area contributed by atoms with Crippen LogP contribution in [0, 0.1) is 27.6 Å². The third-order valence-corrected chi connectivity index (χ3v) is 7.48. The normalized spacial score (nSPS) is 64.2. The molecule has 6 atom stereocenters. The number of fused-ring (bicyclic) bond motifs is 2. The van der Waals surface area contributed by atoms with Crippen LogP contribution in [-0.4, -0.2) is 18.7 Å². The second-order valence-electron chi connectivity index (χ2n) is 7.03. The minimum Gasteiger partial charge on any atom is -0.446 e. The second-order valence-corrected chi connectivity index (χ2v) is 7.03. The Labute approximate surface area is 102 Å². The molecule has 1 spiro atoms. The van der Waals surface area contributed by atoms with Gasteiger partial charge in [0.2, 0.25) is 0 Å². The van der Waals surface area contributed by atoms with Crippen molar-refractivity contribution in [3.8, 4) is 0 Å². The minimum absolute atomic E-state index is 0.152. The number of hydrogen-bond donors (Lipinski definition) is 1. The summed E-state index contributed by atoms with van der Waals surface area (Å²) in [6.45, 7) is 9.76. The molecule has 6 unspecified atom stereocenters. The summed E-state index contributed by atoms with van der Waals surface area (Å²) < 4.78 is 5.66. The number of hydrogen-bond acceptors (Lipinski definition) is 2. The molecule has 4 aliphatic rings. The van der Waals surface area contributed by atoms with Crippen molar-refractivity contribution in [1.82, 2.24) is 5.32 Å². The van der Waals surface area contributed by atoms with Crippen molar-refractivity contribution in [3.05, 3.63) is 0 Å². The Kier molecular flexibility index (Phi) is 1.35. The summed E-state index contributed by atoms with van der Waals surface area (Å²) in [7, 11) is 0. The zero-order chi connectivity index (χ0) is 12.3. The Morgan fingerprint density at radius 1 is 1.41 bits per heavy atom. The van der Waals surface area contributed by atoms with E-state index in [-0.39, 0.29) is 17.6 Å². The van der Waals surface area contributed by atoms with Gasteiger partial charge in [-0.15, -0.1) is 0 Å². The van der Waals surface area contributed by atoms with Gasteiger partial charge in [-0.1, -0.05) is 20.8 Å². The predicted molar refractivity (Wildman–Crippen MR) is 63.4 cm³/mol. The molecule has 0 aromatic rings. The molecule has 4 aliphatic carbocycles. The summed E-state index contributed by atoms with van der Waals surface area (Å²) in [5.41, 5.74) is 1.87.